The summed E-state index contributed by atoms with van der Waals surface area (Å²) in [6.45, 7) is 0. The predicted molar refractivity (Wildman–Crippen MR) is 83.8 cm³/mol. The molecule has 3 rings (SSSR count). The van der Waals surface area contributed by atoms with Crippen molar-refractivity contribution in [2.75, 3.05) is 0 Å². The number of aromatic nitrogens is 2. The van der Waals surface area contributed by atoms with E-state index < -0.39 is 23.6 Å². The first kappa shape index (κ1) is 16.8. The van der Waals surface area contributed by atoms with Crippen LogP contribution >= 0.6 is 11.7 Å². The maximum Gasteiger partial charge on any atom is 0.416 e. The minimum absolute atomic E-state index is 0.226. The molecule has 0 saturated heterocycles. The average Bonchev–Trinajstić information content (AvgIpc) is 3.06. The third-order valence-corrected chi connectivity index (χ3v) is 3.81. The van der Waals surface area contributed by atoms with Crippen LogP contribution in [0.5, 0.6) is 0 Å². The summed E-state index contributed by atoms with van der Waals surface area (Å²) in [5.41, 5.74) is 4.44. The van der Waals surface area contributed by atoms with Gasteiger partial charge in [-0.2, -0.15) is 21.9 Å². The molecule has 0 unspecified atom stereocenters. The van der Waals surface area contributed by atoms with Gasteiger partial charge in [0, 0.05) is 11.1 Å². The second-order valence-electron chi connectivity index (χ2n) is 4.95. The molecular weight excluding hydrogens is 357 g/mol. The van der Waals surface area contributed by atoms with Crippen molar-refractivity contribution in [2.24, 2.45) is 0 Å². The number of carbonyl (C=O) groups is 2. The van der Waals surface area contributed by atoms with Crippen molar-refractivity contribution in [1.29, 1.82) is 0 Å². The molecule has 0 atom stereocenters. The van der Waals surface area contributed by atoms with Gasteiger partial charge in [0.2, 0.25) is 0 Å². The molecule has 1 heterocycles. The minimum Gasteiger partial charge on any atom is -0.267 e. The van der Waals surface area contributed by atoms with Gasteiger partial charge in [0.1, 0.15) is 11.0 Å². The lowest BCUT2D eigenvalue weighted by atomic mass is 10.1. The van der Waals surface area contributed by atoms with Gasteiger partial charge in [0.05, 0.1) is 17.3 Å². The largest absolute Gasteiger partial charge is 0.416 e. The van der Waals surface area contributed by atoms with Crippen LogP contribution in [0.1, 0.15) is 26.3 Å². The standard InChI is InChI=1S/C15H9F3N4O2S/c16-15(17,18)10-3-1-2-8(6-10)13(23)19-20-14(24)9-4-5-11-12(7-9)22-25-21-11/h1-7H,(H,19,23)(H,20,24). The number of nitrogens with one attached hydrogen (secondary N) is 2. The van der Waals surface area contributed by atoms with Crippen LogP contribution in [0, 0.1) is 0 Å². The van der Waals surface area contributed by atoms with Gasteiger partial charge in [-0.05, 0) is 36.4 Å². The zero-order valence-corrected chi connectivity index (χ0v) is 13.1. The first-order valence-electron chi connectivity index (χ1n) is 6.85. The number of carbonyl (C=O) groups excluding carboxylic acids is 2. The summed E-state index contributed by atoms with van der Waals surface area (Å²) in [5, 5.41) is 0. The highest BCUT2D eigenvalue weighted by atomic mass is 32.1. The Hall–Kier alpha value is -3.01. The van der Waals surface area contributed by atoms with Crippen molar-refractivity contribution in [1.82, 2.24) is 19.6 Å². The van der Waals surface area contributed by atoms with Gasteiger partial charge in [-0.3, -0.25) is 20.4 Å². The fourth-order valence-electron chi connectivity index (χ4n) is 2.02. The molecular formula is C15H9F3N4O2S. The molecule has 0 bridgehead atoms. The van der Waals surface area contributed by atoms with E-state index >= 15 is 0 Å². The fourth-order valence-corrected chi connectivity index (χ4v) is 2.54. The zero-order valence-electron chi connectivity index (χ0n) is 12.3. The van der Waals surface area contributed by atoms with Crippen LogP contribution in [0.25, 0.3) is 11.0 Å². The normalized spacial score (nSPS) is 11.3. The number of amides is 2. The third-order valence-electron chi connectivity index (χ3n) is 3.26. The Labute approximate surface area is 143 Å². The van der Waals surface area contributed by atoms with Crippen LogP contribution in [0.4, 0.5) is 13.2 Å². The van der Waals surface area contributed by atoms with Gasteiger partial charge >= 0.3 is 6.18 Å². The predicted octanol–water partition coefficient (Wildman–Crippen LogP) is 2.78. The van der Waals surface area contributed by atoms with E-state index in [0.717, 1.165) is 23.9 Å². The van der Waals surface area contributed by atoms with Crippen molar-refractivity contribution in [2.45, 2.75) is 6.18 Å². The Morgan fingerprint density at radius 3 is 2.20 bits per heavy atom. The first-order chi connectivity index (χ1) is 11.8. The van der Waals surface area contributed by atoms with E-state index in [1.807, 2.05) is 0 Å². The highest BCUT2D eigenvalue weighted by molar-refractivity contribution is 7.00. The topological polar surface area (TPSA) is 84.0 Å². The molecule has 1 aromatic heterocycles. The Morgan fingerprint density at radius 2 is 1.52 bits per heavy atom. The molecule has 25 heavy (non-hydrogen) atoms. The Morgan fingerprint density at radius 1 is 0.880 bits per heavy atom. The number of benzene rings is 2. The molecule has 2 amide bonds. The number of alkyl halides is 3. The van der Waals surface area contributed by atoms with E-state index in [9.17, 15) is 22.8 Å². The number of nitrogens with zero attached hydrogens (tertiary/aromatic N) is 2. The molecule has 0 aliphatic rings. The van der Waals surface area contributed by atoms with Gasteiger partial charge in [-0.25, -0.2) is 0 Å². The SMILES string of the molecule is O=C(NNC(=O)c1ccc2nsnc2c1)c1cccc(C(F)(F)F)c1. The highest BCUT2D eigenvalue weighted by Crippen LogP contribution is 2.29. The van der Waals surface area contributed by atoms with Crippen molar-refractivity contribution in [3.05, 3.63) is 59.2 Å². The Balaban J connectivity index is 1.68. The summed E-state index contributed by atoms with van der Waals surface area (Å²) in [6.07, 6.45) is -4.56. The number of hydrazine groups is 1. The molecule has 3 aromatic rings. The molecule has 0 saturated carbocycles. The fraction of sp³-hybridized carbons (Fsp3) is 0.0667. The maximum atomic E-state index is 12.7. The summed E-state index contributed by atoms with van der Waals surface area (Å²) in [7, 11) is 0. The monoisotopic (exact) mass is 366 g/mol. The summed E-state index contributed by atoms with van der Waals surface area (Å²) in [4.78, 5) is 23.9. The molecule has 128 valence electrons. The number of rotatable bonds is 2. The molecule has 0 radical (unpaired) electrons. The van der Waals surface area contributed by atoms with Gasteiger partial charge in [0.15, 0.2) is 0 Å². The van der Waals surface area contributed by atoms with Crippen molar-refractivity contribution in [3.63, 3.8) is 0 Å². The Bertz CT molecular complexity index is 955. The molecule has 0 fully saturated rings. The second-order valence-corrected chi connectivity index (χ2v) is 5.48. The number of fused-ring (bicyclic) bond motifs is 1. The lowest BCUT2D eigenvalue weighted by molar-refractivity contribution is -0.137. The van der Waals surface area contributed by atoms with Gasteiger partial charge < -0.3 is 0 Å². The van der Waals surface area contributed by atoms with Gasteiger partial charge in [-0.1, -0.05) is 6.07 Å². The van der Waals surface area contributed by atoms with E-state index in [4.69, 9.17) is 0 Å². The zero-order chi connectivity index (χ0) is 18.0. The molecule has 0 aliphatic heterocycles. The van der Waals surface area contributed by atoms with Crippen molar-refractivity contribution < 1.29 is 22.8 Å². The summed E-state index contributed by atoms with van der Waals surface area (Å²) < 4.78 is 46.0. The van der Waals surface area contributed by atoms with Crippen molar-refractivity contribution in [3.8, 4) is 0 Å². The number of hydrogen-bond donors (Lipinski definition) is 2. The van der Waals surface area contributed by atoms with E-state index in [1.165, 1.54) is 18.2 Å². The molecule has 2 aromatic carbocycles. The first-order valence-corrected chi connectivity index (χ1v) is 7.58. The van der Waals surface area contributed by atoms with E-state index in [2.05, 4.69) is 19.6 Å². The van der Waals surface area contributed by atoms with Crippen LogP contribution < -0.4 is 10.9 Å². The van der Waals surface area contributed by atoms with Crippen LogP contribution in [0.2, 0.25) is 0 Å². The summed E-state index contributed by atoms with van der Waals surface area (Å²) >= 11 is 0.999. The van der Waals surface area contributed by atoms with Gasteiger partial charge in [-0.15, -0.1) is 0 Å². The molecule has 6 nitrogen and oxygen atoms in total. The lowest BCUT2D eigenvalue weighted by Crippen LogP contribution is -2.41. The van der Waals surface area contributed by atoms with E-state index in [-0.39, 0.29) is 11.1 Å². The van der Waals surface area contributed by atoms with Crippen LogP contribution in [0.15, 0.2) is 42.5 Å². The van der Waals surface area contributed by atoms with Crippen LogP contribution in [-0.2, 0) is 6.18 Å². The van der Waals surface area contributed by atoms with E-state index in [0.29, 0.717) is 17.1 Å². The van der Waals surface area contributed by atoms with Crippen LogP contribution in [-0.4, -0.2) is 20.6 Å². The second kappa shape index (κ2) is 6.48. The maximum absolute atomic E-state index is 12.7. The lowest BCUT2D eigenvalue weighted by Gasteiger charge is -2.10. The average molecular weight is 366 g/mol. The molecule has 2 N–H and O–H groups in total. The minimum atomic E-state index is -4.56. The molecule has 10 heteroatoms. The summed E-state index contributed by atoms with van der Waals surface area (Å²) in [5.74, 6) is -1.49. The van der Waals surface area contributed by atoms with Crippen molar-refractivity contribution >= 4 is 34.6 Å². The molecule has 0 aliphatic carbocycles. The molecule has 0 spiro atoms. The van der Waals surface area contributed by atoms with Gasteiger partial charge in [0.25, 0.3) is 11.8 Å². The number of hydrogen-bond acceptors (Lipinski definition) is 5. The quantitative estimate of drug-likeness (QED) is 0.683. The Kier molecular flexibility index (Phi) is 4.36. The number of halogens is 3. The highest BCUT2D eigenvalue weighted by Gasteiger charge is 2.30. The van der Waals surface area contributed by atoms with E-state index in [1.54, 1.807) is 6.07 Å². The smallest absolute Gasteiger partial charge is 0.267 e. The third kappa shape index (κ3) is 3.74. The van der Waals surface area contributed by atoms with Crippen LogP contribution in [0.3, 0.4) is 0 Å². The summed E-state index contributed by atoms with van der Waals surface area (Å²) in [6, 6.07) is 8.47.